The molecule has 0 bridgehead atoms. The van der Waals surface area contributed by atoms with Gasteiger partial charge < -0.3 is 9.29 Å². The normalized spacial score (nSPS) is 13.6. The summed E-state index contributed by atoms with van der Waals surface area (Å²) in [5.41, 5.74) is 3.30. The van der Waals surface area contributed by atoms with E-state index in [1.807, 2.05) is 21.1 Å². The Bertz CT molecular complexity index is 612. The van der Waals surface area contributed by atoms with Crippen molar-refractivity contribution in [2.45, 2.75) is 63.0 Å². The Kier molecular flexibility index (Phi) is 8.85. The van der Waals surface area contributed by atoms with Gasteiger partial charge in [-0.1, -0.05) is 51.2 Å². The molecule has 1 aromatic rings. The van der Waals surface area contributed by atoms with E-state index >= 15 is 0 Å². The molecule has 1 unspecified atom stereocenters. The Hall–Kier alpha value is -1.15. The standard InChI is InChI=1S/C18H32N2O4S/c1-5-6-7-8-9-10-15-18(19-20(2,3)4)24-16-13-11-12-14-17(16)25(21,22)23/h11-14,18-19H,5-10,15H2,1-4H3. The smallest absolute Gasteiger partial charge is 0.193 e. The third kappa shape index (κ3) is 9.21. The lowest BCUT2D eigenvalue weighted by Crippen LogP contribution is -2.55. The molecule has 0 aliphatic carbocycles. The number of unbranched alkanes of at least 4 members (excludes halogenated alkanes) is 5. The molecule has 7 heteroatoms. The molecule has 144 valence electrons. The fraction of sp³-hybridized carbons (Fsp3) is 0.667. The molecule has 1 atom stereocenters. The van der Waals surface area contributed by atoms with E-state index in [9.17, 15) is 13.0 Å². The molecule has 1 rings (SSSR count). The van der Waals surface area contributed by atoms with E-state index in [1.54, 1.807) is 6.07 Å². The van der Waals surface area contributed by atoms with Crippen LogP contribution in [0.3, 0.4) is 0 Å². The summed E-state index contributed by atoms with van der Waals surface area (Å²) < 4.78 is 40.6. The number of nitrogens with zero attached hydrogens (tertiary/aromatic N) is 1. The van der Waals surface area contributed by atoms with Crippen molar-refractivity contribution in [3.8, 4) is 5.75 Å². The highest BCUT2D eigenvalue weighted by Gasteiger charge is 2.20. The van der Waals surface area contributed by atoms with Crippen molar-refractivity contribution in [3.63, 3.8) is 0 Å². The van der Waals surface area contributed by atoms with Gasteiger partial charge >= 0.3 is 0 Å². The van der Waals surface area contributed by atoms with Crippen LogP contribution in [0, 0.1) is 0 Å². The molecule has 6 nitrogen and oxygen atoms in total. The predicted molar refractivity (Wildman–Crippen MR) is 98.0 cm³/mol. The molecule has 0 aliphatic heterocycles. The van der Waals surface area contributed by atoms with Crippen molar-refractivity contribution in [3.05, 3.63) is 24.3 Å². The molecule has 0 saturated carbocycles. The van der Waals surface area contributed by atoms with Crippen LogP contribution in [0.4, 0.5) is 0 Å². The topological polar surface area (TPSA) is 78.5 Å². The number of rotatable bonds is 12. The van der Waals surface area contributed by atoms with Crippen LogP contribution in [0.15, 0.2) is 29.2 Å². The minimum Gasteiger partial charge on any atom is -0.744 e. The Morgan fingerprint density at radius 2 is 1.68 bits per heavy atom. The summed E-state index contributed by atoms with van der Waals surface area (Å²) >= 11 is 0. The van der Waals surface area contributed by atoms with Crippen LogP contribution in [0.5, 0.6) is 5.75 Å². The fourth-order valence-electron chi connectivity index (χ4n) is 2.60. The molecular weight excluding hydrogens is 340 g/mol. The van der Waals surface area contributed by atoms with Crippen molar-refractivity contribution in [1.82, 2.24) is 5.43 Å². The second-order valence-electron chi connectivity index (χ2n) is 7.21. The van der Waals surface area contributed by atoms with Gasteiger partial charge in [-0.3, -0.25) is 0 Å². The Balaban J connectivity index is 2.74. The zero-order chi connectivity index (χ0) is 18.9. The molecule has 25 heavy (non-hydrogen) atoms. The van der Waals surface area contributed by atoms with Crippen LogP contribution in [-0.2, 0) is 10.1 Å². The first-order chi connectivity index (χ1) is 11.6. The number of para-hydroxylation sites is 1. The third-order valence-corrected chi connectivity index (χ3v) is 4.61. The van der Waals surface area contributed by atoms with Crippen molar-refractivity contribution in [2.24, 2.45) is 0 Å². The highest BCUT2D eigenvalue weighted by molar-refractivity contribution is 7.85. The van der Waals surface area contributed by atoms with Crippen molar-refractivity contribution in [2.75, 3.05) is 21.1 Å². The molecule has 0 fully saturated rings. The Morgan fingerprint density at radius 3 is 2.28 bits per heavy atom. The molecule has 0 saturated heterocycles. The lowest BCUT2D eigenvalue weighted by Gasteiger charge is -2.30. The van der Waals surface area contributed by atoms with Crippen molar-refractivity contribution in [1.29, 1.82) is 0 Å². The average molecular weight is 373 g/mol. The summed E-state index contributed by atoms with van der Waals surface area (Å²) in [6.45, 7) is 2.19. The van der Waals surface area contributed by atoms with Gasteiger partial charge in [-0.2, -0.15) is 0 Å². The monoisotopic (exact) mass is 372 g/mol. The van der Waals surface area contributed by atoms with Gasteiger partial charge in [0, 0.05) is 6.42 Å². The van der Waals surface area contributed by atoms with Crippen LogP contribution in [0.25, 0.3) is 0 Å². The van der Waals surface area contributed by atoms with E-state index in [1.165, 1.54) is 43.9 Å². The largest absolute Gasteiger partial charge is 0.744 e. The highest BCUT2D eigenvalue weighted by atomic mass is 32.2. The van der Waals surface area contributed by atoms with E-state index in [2.05, 4.69) is 12.3 Å². The molecule has 0 aromatic heterocycles. The minimum absolute atomic E-state index is 0.106. The first kappa shape index (κ1) is 21.9. The van der Waals surface area contributed by atoms with Gasteiger partial charge in [0.2, 0.25) is 0 Å². The van der Waals surface area contributed by atoms with Crippen LogP contribution >= 0.6 is 0 Å². The first-order valence-corrected chi connectivity index (χ1v) is 10.3. The summed E-state index contributed by atoms with van der Waals surface area (Å²) in [5, 5.41) is 0. The fourth-order valence-corrected chi connectivity index (χ4v) is 3.21. The summed E-state index contributed by atoms with van der Waals surface area (Å²) in [4.78, 5) is -0.314. The molecule has 1 N–H and O–H groups in total. The quantitative estimate of drug-likeness (QED) is 0.200. The second kappa shape index (κ2) is 10.1. The Labute approximate surface area is 152 Å². The number of hydrogen-bond acceptors (Lipinski definition) is 5. The van der Waals surface area contributed by atoms with Gasteiger partial charge in [0.05, 0.1) is 26.0 Å². The van der Waals surface area contributed by atoms with Gasteiger partial charge in [-0.05, 0) is 18.6 Å². The summed E-state index contributed by atoms with van der Waals surface area (Å²) in [6.07, 6.45) is 7.37. The van der Waals surface area contributed by atoms with Gasteiger partial charge in [0.25, 0.3) is 0 Å². The number of hydrogen-bond donors (Lipinski definition) is 1. The highest BCUT2D eigenvalue weighted by Crippen LogP contribution is 2.25. The minimum atomic E-state index is -4.57. The average Bonchev–Trinajstić information content (AvgIpc) is 2.48. The maximum absolute atomic E-state index is 11.4. The SMILES string of the molecule is CCCCCCCCC(N[N+](C)(C)C)Oc1ccccc1S(=O)(=O)[O-]. The van der Waals surface area contributed by atoms with Crippen molar-refractivity contribution < 1.29 is 22.3 Å². The predicted octanol–water partition coefficient (Wildman–Crippen LogP) is 3.26. The number of nitrogens with one attached hydrogen (secondary N) is 1. The Morgan fingerprint density at radius 1 is 1.08 bits per heavy atom. The number of ether oxygens (including phenoxy) is 1. The second-order valence-corrected chi connectivity index (χ2v) is 8.55. The molecular formula is C18H32N2O4S. The van der Waals surface area contributed by atoms with E-state index < -0.39 is 10.1 Å². The number of quaternary nitrogens is 1. The van der Waals surface area contributed by atoms with Crippen LogP contribution in [0.2, 0.25) is 0 Å². The van der Waals surface area contributed by atoms with Crippen LogP contribution in [0.1, 0.15) is 51.9 Å². The van der Waals surface area contributed by atoms with Gasteiger partial charge in [0.15, 0.2) is 6.23 Å². The maximum atomic E-state index is 11.4. The van der Waals surface area contributed by atoms with Gasteiger partial charge in [-0.15, -0.1) is 5.43 Å². The van der Waals surface area contributed by atoms with E-state index in [4.69, 9.17) is 4.74 Å². The molecule has 1 aromatic carbocycles. The maximum Gasteiger partial charge on any atom is 0.193 e. The number of benzene rings is 1. The lowest BCUT2D eigenvalue weighted by molar-refractivity contribution is -0.921. The first-order valence-electron chi connectivity index (χ1n) is 8.94. The van der Waals surface area contributed by atoms with E-state index in [-0.39, 0.29) is 16.9 Å². The van der Waals surface area contributed by atoms with Gasteiger partial charge in [0.1, 0.15) is 15.9 Å². The molecule has 0 spiro atoms. The summed E-state index contributed by atoms with van der Waals surface area (Å²) in [7, 11) is 1.33. The van der Waals surface area contributed by atoms with E-state index in [0.717, 1.165) is 19.3 Å². The van der Waals surface area contributed by atoms with Gasteiger partial charge in [-0.25, -0.2) is 13.0 Å². The lowest BCUT2D eigenvalue weighted by atomic mass is 10.1. The third-order valence-electron chi connectivity index (χ3n) is 3.74. The molecule has 0 amide bonds. The van der Waals surface area contributed by atoms with Crippen LogP contribution in [-0.4, -0.2) is 44.9 Å². The molecule has 0 aliphatic rings. The van der Waals surface area contributed by atoms with Crippen molar-refractivity contribution >= 4 is 10.1 Å². The zero-order valence-corrected chi connectivity index (χ0v) is 16.6. The molecule has 0 radical (unpaired) electrons. The summed E-state index contributed by atoms with van der Waals surface area (Å²) in [5.74, 6) is 0.106. The van der Waals surface area contributed by atoms with Crippen LogP contribution < -0.4 is 10.2 Å². The summed E-state index contributed by atoms with van der Waals surface area (Å²) in [6, 6.07) is 5.99. The zero-order valence-electron chi connectivity index (χ0n) is 15.8. The van der Waals surface area contributed by atoms with E-state index in [0.29, 0.717) is 4.59 Å². The molecule has 0 heterocycles.